The van der Waals surface area contributed by atoms with Crippen molar-refractivity contribution in [3.63, 3.8) is 0 Å². The number of hydrogen-bond donors (Lipinski definition) is 2. The van der Waals surface area contributed by atoms with E-state index >= 15 is 0 Å². The molecule has 0 bridgehead atoms. The van der Waals surface area contributed by atoms with E-state index in [4.69, 9.17) is 10.5 Å². The van der Waals surface area contributed by atoms with Gasteiger partial charge in [0.25, 0.3) is 0 Å². The first kappa shape index (κ1) is 14.4. The van der Waals surface area contributed by atoms with Crippen LogP contribution in [0.2, 0.25) is 0 Å². The Bertz CT molecular complexity index is 258. The minimum atomic E-state index is -0.556. The Labute approximate surface area is 103 Å². The van der Waals surface area contributed by atoms with Gasteiger partial charge in [-0.05, 0) is 19.3 Å². The van der Waals surface area contributed by atoms with Crippen molar-refractivity contribution in [3.05, 3.63) is 0 Å². The number of nitrogens with zero attached hydrogens (tertiary/aromatic N) is 1. The maximum absolute atomic E-state index is 11.2. The van der Waals surface area contributed by atoms with E-state index in [1.165, 1.54) is 0 Å². The second kappa shape index (κ2) is 6.33. The summed E-state index contributed by atoms with van der Waals surface area (Å²) in [6.07, 6.45) is 0.330. The van der Waals surface area contributed by atoms with Crippen LogP contribution in [0.5, 0.6) is 0 Å². The molecule has 17 heavy (non-hydrogen) atoms. The molecule has 1 saturated heterocycles. The summed E-state index contributed by atoms with van der Waals surface area (Å²) in [5.74, 6) is 0.0834. The molecule has 0 spiro atoms. The van der Waals surface area contributed by atoms with E-state index in [2.05, 4.69) is 18.7 Å². The SMILES string of the molecule is CC(C)C[C@H](CO)N1CC(C)OC(C(N)=O)C1. The van der Waals surface area contributed by atoms with Crippen molar-refractivity contribution in [1.29, 1.82) is 0 Å². The molecule has 0 aromatic carbocycles. The van der Waals surface area contributed by atoms with Gasteiger partial charge in [-0.2, -0.15) is 0 Å². The maximum Gasteiger partial charge on any atom is 0.247 e. The highest BCUT2D eigenvalue weighted by Crippen LogP contribution is 2.18. The molecule has 0 radical (unpaired) electrons. The van der Waals surface area contributed by atoms with Crippen molar-refractivity contribution in [3.8, 4) is 0 Å². The van der Waals surface area contributed by atoms with Crippen LogP contribution < -0.4 is 5.73 Å². The lowest BCUT2D eigenvalue weighted by Crippen LogP contribution is -2.55. The Balaban J connectivity index is 2.64. The van der Waals surface area contributed by atoms with E-state index in [0.717, 1.165) is 13.0 Å². The van der Waals surface area contributed by atoms with Gasteiger partial charge in [0.15, 0.2) is 0 Å². The molecular formula is C12H24N2O3. The Morgan fingerprint density at radius 2 is 2.18 bits per heavy atom. The minimum Gasteiger partial charge on any atom is -0.395 e. The number of carbonyl (C=O) groups is 1. The maximum atomic E-state index is 11.2. The number of aliphatic hydroxyl groups is 1. The zero-order valence-electron chi connectivity index (χ0n) is 10.9. The lowest BCUT2D eigenvalue weighted by Gasteiger charge is -2.40. The van der Waals surface area contributed by atoms with Crippen molar-refractivity contribution >= 4 is 5.91 Å². The third-order valence-electron chi connectivity index (χ3n) is 3.08. The monoisotopic (exact) mass is 244 g/mol. The fourth-order valence-corrected chi connectivity index (χ4v) is 2.32. The average Bonchev–Trinajstić information content (AvgIpc) is 2.24. The average molecular weight is 244 g/mol. The standard InChI is InChI=1S/C12H24N2O3/c1-8(2)4-10(7-15)14-5-9(3)17-11(6-14)12(13)16/h8-11,15H,4-7H2,1-3H3,(H2,13,16)/t9?,10-,11?/m1/s1. The van der Waals surface area contributed by atoms with Gasteiger partial charge in [0.1, 0.15) is 6.10 Å². The summed E-state index contributed by atoms with van der Waals surface area (Å²) in [7, 11) is 0. The molecule has 2 unspecified atom stereocenters. The molecule has 5 heteroatoms. The summed E-state index contributed by atoms with van der Waals surface area (Å²) in [5, 5.41) is 9.44. The Hall–Kier alpha value is -0.650. The molecule has 1 aliphatic rings. The van der Waals surface area contributed by atoms with Crippen LogP contribution in [0, 0.1) is 5.92 Å². The predicted molar refractivity (Wildman–Crippen MR) is 65.4 cm³/mol. The fourth-order valence-electron chi connectivity index (χ4n) is 2.32. The molecule has 1 aliphatic heterocycles. The summed E-state index contributed by atoms with van der Waals surface area (Å²) >= 11 is 0. The number of amides is 1. The van der Waals surface area contributed by atoms with Gasteiger partial charge in [-0.1, -0.05) is 13.8 Å². The van der Waals surface area contributed by atoms with Crippen LogP contribution in [0.3, 0.4) is 0 Å². The molecule has 0 aliphatic carbocycles. The smallest absolute Gasteiger partial charge is 0.247 e. The highest BCUT2D eigenvalue weighted by molar-refractivity contribution is 5.79. The molecule has 0 aromatic rings. The Morgan fingerprint density at radius 3 is 2.65 bits per heavy atom. The number of aliphatic hydroxyl groups excluding tert-OH is 1. The largest absolute Gasteiger partial charge is 0.395 e. The number of primary amides is 1. The molecule has 1 amide bonds. The number of morpholine rings is 1. The highest BCUT2D eigenvalue weighted by Gasteiger charge is 2.32. The van der Waals surface area contributed by atoms with Crippen molar-refractivity contribution < 1.29 is 14.6 Å². The second-order valence-corrected chi connectivity index (χ2v) is 5.26. The normalized spacial score (nSPS) is 28.3. The van der Waals surface area contributed by atoms with Gasteiger partial charge >= 0.3 is 0 Å². The first-order chi connectivity index (χ1) is 7.93. The number of nitrogens with two attached hydrogens (primary N) is 1. The van der Waals surface area contributed by atoms with E-state index in [9.17, 15) is 9.90 Å². The van der Waals surface area contributed by atoms with Crippen LogP contribution in [-0.4, -0.2) is 53.9 Å². The van der Waals surface area contributed by atoms with Crippen LogP contribution in [0.1, 0.15) is 27.2 Å². The van der Waals surface area contributed by atoms with E-state index in [1.807, 2.05) is 6.92 Å². The predicted octanol–water partition coefficient (Wildman–Crippen LogP) is -0.0320. The number of rotatable bonds is 5. The van der Waals surface area contributed by atoms with E-state index in [0.29, 0.717) is 12.5 Å². The van der Waals surface area contributed by atoms with Crippen molar-refractivity contribution in [2.45, 2.75) is 45.4 Å². The quantitative estimate of drug-likeness (QED) is 0.712. The van der Waals surface area contributed by atoms with Gasteiger partial charge in [-0.3, -0.25) is 9.69 Å². The summed E-state index contributed by atoms with van der Waals surface area (Å²) < 4.78 is 5.48. The van der Waals surface area contributed by atoms with E-state index in [-0.39, 0.29) is 18.8 Å². The zero-order valence-corrected chi connectivity index (χ0v) is 10.9. The summed E-state index contributed by atoms with van der Waals surface area (Å²) in [6.45, 7) is 7.50. The highest BCUT2D eigenvalue weighted by atomic mass is 16.5. The fraction of sp³-hybridized carbons (Fsp3) is 0.917. The van der Waals surface area contributed by atoms with Gasteiger partial charge in [-0.15, -0.1) is 0 Å². The third-order valence-corrected chi connectivity index (χ3v) is 3.08. The number of hydrogen-bond acceptors (Lipinski definition) is 4. The minimum absolute atomic E-state index is 0.0255. The van der Waals surface area contributed by atoms with Crippen molar-refractivity contribution in [2.24, 2.45) is 11.7 Å². The van der Waals surface area contributed by atoms with Gasteiger partial charge in [0.05, 0.1) is 12.7 Å². The molecule has 1 fully saturated rings. The van der Waals surface area contributed by atoms with Gasteiger partial charge in [-0.25, -0.2) is 0 Å². The topological polar surface area (TPSA) is 75.8 Å². The van der Waals surface area contributed by atoms with Crippen LogP contribution in [-0.2, 0) is 9.53 Å². The lowest BCUT2D eigenvalue weighted by atomic mass is 10.0. The zero-order chi connectivity index (χ0) is 13.0. The first-order valence-corrected chi connectivity index (χ1v) is 6.23. The second-order valence-electron chi connectivity index (χ2n) is 5.26. The van der Waals surface area contributed by atoms with Crippen LogP contribution in [0.4, 0.5) is 0 Å². The summed E-state index contributed by atoms with van der Waals surface area (Å²) in [5.41, 5.74) is 5.28. The van der Waals surface area contributed by atoms with Gasteiger partial charge < -0.3 is 15.6 Å². The van der Waals surface area contributed by atoms with Crippen molar-refractivity contribution in [1.82, 2.24) is 4.90 Å². The van der Waals surface area contributed by atoms with Gasteiger partial charge in [0, 0.05) is 19.1 Å². The molecule has 100 valence electrons. The molecule has 0 aromatic heterocycles. The molecule has 1 heterocycles. The van der Waals surface area contributed by atoms with E-state index in [1.54, 1.807) is 0 Å². The Morgan fingerprint density at radius 1 is 1.53 bits per heavy atom. The van der Waals surface area contributed by atoms with Crippen LogP contribution in [0.15, 0.2) is 0 Å². The number of ether oxygens (including phenoxy) is 1. The molecule has 1 rings (SSSR count). The molecular weight excluding hydrogens is 220 g/mol. The molecule has 3 N–H and O–H groups in total. The number of carbonyl (C=O) groups excluding carboxylic acids is 1. The van der Waals surface area contributed by atoms with Crippen LogP contribution in [0.25, 0.3) is 0 Å². The van der Waals surface area contributed by atoms with Crippen LogP contribution >= 0.6 is 0 Å². The third kappa shape index (κ3) is 4.26. The molecule has 0 saturated carbocycles. The Kier molecular flexibility index (Phi) is 5.36. The van der Waals surface area contributed by atoms with E-state index < -0.39 is 12.0 Å². The van der Waals surface area contributed by atoms with Gasteiger partial charge in [0.2, 0.25) is 5.91 Å². The lowest BCUT2D eigenvalue weighted by molar-refractivity contribution is -0.145. The van der Waals surface area contributed by atoms with Crippen molar-refractivity contribution in [2.75, 3.05) is 19.7 Å². The molecule has 3 atom stereocenters. The molecule has 5 nitrogen and oxygen atoms in total. The summed E-state index contributed by atoms with van der Waals surface area (Å²) in [4.78, 5) is 13.3. The first-order valence-electron chi connectivity index (χ1n) is 6.23. The summed E-state index contributed by atoms with van der Waals surface area (Å²) in [6, 6.07) is 0.0863.